The highest BCUT2D eigenvalue weighted by Gasteiger charge is 2.53. The zero-order valence-electron chi connectivity index (χ0n) is 22.5. The lowest BCUT2D eigenvalue weighted by Crippen LogP contribution is -2.53. The monoisotopic (exact) mass is 493 g/mol. The molecule has 0 spiro atoms. The molecule has 1 aromatic rings. The van der Waals surface area contributed by atoms with Crippen LogP contribution in [0.3, 0.4) is 0 Å². The summed E-state index contributed by atoms with van der Waals surface area (Å²) in [5.74, 6) is 5.87. The van der Waals surface area contributed by atoms with Gasteiger partial charge in [0.2, 0.25) is 0 Å². The highest BCUT2D eigenvalue weighted by molar-refractivity contribution is 6.74. The molecule has 186 valence electrons. The first-order valence-corrected chi connectivity index (χ1v) is 17.5. The van der Waals surface area contributed by atoms with E-state index in [1.807, 2.05) is 6.92 Å². The summed E-state index contributed by atoms with van der Waals surface area (Å²) in [6.45, 7) is 25.8. The van der Waals surface area contributed by atoms with Crippen LogP contribution in [0.4, 0.5) is 5.82 Å². The number of hydrogen-bond donors (Lipinski definition) is 1. The van der Waals surface area contributed by atoms with Gasteiger partial charge in [-0.2, -0.15) is 4.98 Å². The van der Waals surface area contributed by atoms with Crippen molar-refractivity contribution in [3.63, 3.8) is 0 Å². The van der Waals surface area contributed by atoms with Crippen molar-refractivity contribution in [3.8, 4) is 11.8 Å². The van der Waals surface area contributed by atoms with E-state index in [1.54, 1.807) is 13.1 Å². The SMILES string of the molecule is CC#Cc1cn([C@@H]2O[C@H](C)[C@@H](O[Si](C)(C)C(C)(C)C)[C@H]2O[Si](C)(C)C(C)(C)C)c(=O)nc1N. The minimum Gasteiger partial charge on any atom is -0.409 e. The van der Waals surface area contributed by atoms with E-state index >= 15 is 0 Å². The van der Waals surface area contributed by atoms with E-state index in [2.05, 4.69) is 84.6 Å². The lowest BCUT2D eigenvalue weighted by molar-refractivity contribution is -0.0310. The van der Waals surface area contributed by atoms with Gasteiger partial charge in [-0.25, -0.2) is 4.79 Å². The zero-order valence-corrected chi connectivity index (χ0v) is 24.5. The van der Waals surface area contributed by atoms with Gasteiger partial charge in [-0.1, -0.05) is 47.5 Å². The molecular formula is C24H43N3O4Si2. The average Bonchev–Trinajstić information content (AvgIpc) is 2.90. The van der Waals surface area contributed by atoms with Crippen molar-refractivity contribution < 1.29 is 13.6 Å². The summed E-state index contributed by atoms with van der Waals surface area (Å²) in [4.78, 5) is 16.9. The zero-order chi connectivity index (χ0) is 25.6. The van der Waals surface area contributed by atoms with Crippen molar-refractivity contribution in [2.45, 2.75) is 116 Å². The lowest BCUT2D eigenvalue weighted by atomic mass is 10.1. The summed E-state index contributed by atoms with van der Waals surface area (Å²) in [6.07, 6.45) is -0.0726. The summed E-state index contributed by atoms with van der Waals surface area (Å²) in [5, 5.41) is 0.00385. The van der Waals surface area contributed by atoms with Crippen LogP contribution in [-0.2, 0) is 13.6 Å². The summed E-state index contributed by atoms with van der Waals surface area (Å²) >= 11 is 0. The predicted octanol–water partition coefficient (Wildman–Crippen LogP) is 4.90. The quantitative estimate of drug-likeness (QED) is 0.464. The summed E-state index contributed by atoms with van der Waals surface area (Å²) in [7, 11) is -4.37. The minimum atomic E-state index is -2.23. The van der Waals surface area contributed by atoms with Crippen molar-refractivity contribution in [1.29, 1.82) is 0 Å². The van der Waals surface area contributed by atoms with E-state index in [1.165, 1.54) is 4.57 Å². The molecule has 0 saturated carbocycles. The molecule has 0 radical (unpaired) electrons. The molecular weight excluding hydrogens is 450 g/mol. The normalized spacial score (nSPS) is 24.5. The molecule has 1 aromatic heterocycles. The molecule has 1 saturated heterocycles. The molecule has 2 heterocycles. The number of rotatable bonds is 5. The van der Waals surface area contributed by atoms with Gasteiger partial charge in [0.25, 0.3) is 0 Å². The van der Waals surface area contributed by atoms with E-state index in [0.717, 1.165) is 0 Å². The van der Waals surface area contributed by atoms with Gasteiger partial charge in [0.05, 0.1) is 11.7 Å². The van der Waals surface area contributed by atoms with E-state index in [-0.39, 0.29) is 28.1 Å². The lowest BCUT2D eigenvalue weighted by Gasteiger charge is -2.44. The summed E-state index contributed by atoms with van der Waals surface area (Å²) in [5.41, 5.74) is 5.95. The Morgan fingerprint density at radius 3 is 1.97 bits per heavy atom. The number of nitrogen functional groups attached to an aromatic ring is 1. The van der Waals surface area contributed by atoms with Crippen LogP contribution < -0.4 is 11.4 Å². The van der Waals surface area contributed by atoms with Crippen LogP contribution in [0, 0.1) is 11.8 Å². The fourth-order valence-corrected chi connectivity index (χ4v) is 5.89. The van der Waals surface area contributed by atoms with Gasteiger partial charge in [-0.3, -0.25) is 4.57 Å². The van der Waals surface area contributed by atoms with Crippen LogP contribution >= 0.6 is 0 Å². The third kappa shape index (κ3) is 5.80. The van der Waals surface area contributed by atoms with Gasteiger partial charge in [-0.05, 0) is 50.1 Å². The number of anilines is 1. The maximum atomic E-state index is 12.9. The molecule has 4 atom stereocenters. The molecule has 0 bridgehead atoms. The first-order valence-electron chi connectivity index (χ1n) is 11.6. The molecule has 7 nitrogen and oxygen atoms in total. The highest BCUT2D eigenvalue weighted by Crippen LogP contribution is 2.45. The molecule has 0 amide bonds. The fourth-order valence-electron chi connectivity index (χ4n) is 3.24. The summed E-state index contributed by atoms with van der Waals surface area (Å²) in [6, 6.07) is 0. The molecule has 0 aromatic carbocycles. The second-order valence-corrected chi connectivity index (χ2v) is 21.5. The minimum absolute atomic E-state index is 0.0198. The Morgan fingerprint density at radius 1 is 1.03 bits per heavy atom. The molecule has 1 aliphatic rings. The van der Waals surface area contributed by atoms with E-state index in [9.17, 15) is 4.79 Å². The second kappa shape index (κ2) is 9.30. The van der Waals surface area contributed by atoms with Crippen LogP contribution in [-0.4, -0.2) is 44.5 Å². The molecule has 2 N–H and O–H groups in total. The number of nitrogens with two attached hydrogens (primary N) is 1. The van der Waals surface area contributed by atoms with E-state index in [0.29, 0.717) is 5.56 Å². The smallest absolute Gasteiger partial charge is 0.351 e. The van der Waals surface area contributed by atoms with Crippen LogP contribution in [0.15, 0.2) is 11.0 Å². The van der Waals surface area contributed by atoms with Crippen molar-refractivity contribution in [2.75, 3.05) is 5.73 Å². The highest BCUT2D eigenvalue weighted by atomic mass is 28.4. The van der Waals surface area contributed by atoms with E-state index in [4.69, 9.17) is 19.3 Å². The Labute approximate surface area is 201 Å². The van der Waals surface area contributed by atoms with E-state index < -0.39 is 34.7 Å². The molecule has 0 aliphatic carbocycles. The first kappa shape index (κ1) is 27.8. The van der Waals surface area contributed by atoms with Crippen molar-refractivity contribution >= 4 is 22.5 Å². The van der Waals surface area contributed by atoms with Crippen LogP contribution in [0.5, 0.6) is 0 Å². The number of nitrogens with zero attached hydrogens (tertiary/aromatic N) is 2. The largest absolute Gasteiger partial charge is 0.409 e. The van der Waals surface area contributed by atoms with Gasteiger partial charge in [0.15, 0.2) is 22.9 Å². The Bertz CT molecular complexity index is 981. The van der Waals surface area contributed by atoms with Crippen molar-refractivity contribution in [1.82, 2.24) is 9.55 Å². The maximum absolute atomic E-state index is 12.9. The molecule has 1 fully saturated rings. The van der Waals surface area contributed by atoms with Crippen molar-refractivity contribution in [3.05, 3.63) is 22.2 Å². The molecule has 1 aliphatic heterocycles. The molecule has 0 unspecified atom stereocenters. The second-order valence-electron chi connectivity index (χ2n) is 12.0. The Hall–Kier alpha value is -1.45. The third-order valence-corrected chi connectivity index (χ3v) is 16.4. The Balaban J connectivity index is 2.62. The molecule has 2 rings (SSSR count). The summed E-state index contributed by atoms with van der Waals surface area (Å²) < 4.78 is 21.6. The van der Waals surface area contributed by atoms with Gasteiger partial charge in [0.1, 0.15) is 18.0 Å². The fraction of sp³-hybridized carbons (Fsp3) is 0.750. The maximum Gasteiger partial charge on any atom is 0.351 e. The molecule has 33 heavy (non-hydrogen) atoms. The number of aromatic nitrogens is 2. The standard InChI is InChI=1S/C24H43N3O4Si2/c1-13-14-17-15-27(22(28)26-20(17)25)21-19(31-33(11,12)24(6,7)8)18(16(2)29-21)30-32(9,10)23(3,4)5/h15-16,18-19,21H,1-12H3,(H2,25,26,28)/t16-,18-,19-,21-/m1/s1. The number of ether oxygens (including phenoxy) is 1. The van der Waals surface area contributed by atoms with Gasteiger partial charge in [0, 0.05) is 6.20 Å². The predicted molar refractivity (Wildman–Crippen MR) is 139 cm³/mol. The molecule has 9 heteroatoms. The van der Waals surface area contributed by atoms with Crippen LogP contribution in [0.2, 0.25) is 36.3 Å². The van der Waals surface area contributed by atoms with Crippen LogP contribution in [0.25, 0.3) is 0 Å². The van der Waals surface area contributed by atoms with Gasteiger partial charge in [-0.15, -0.1) is 5.92 Å². The third-order valence-electron chi connectivity index (χ3n) is 7.41. The Morgan fingerprint density at radius 2 is 1.52 bits per heavy atom. The average molecular weight is 494 g/mol. The Kier molecular flexibility index (Phi) is 7.84. The van der Waals surface area contributed by atoms with Gasteiger partial charge < -0.3 is 19.3 Å². The number of hydrogen-bond acceptors (Lipinski definition) is 6. The topological polar surface area (TPSA) is 88.6 Å². The van der Waals surface area contributed by atoms with Crippen molar-refractivity contribution in [2.24, 2.45) is 0 Å². The van der Waals surface area contributed by atoms with Crippen LogP contribution in [0.1, 0.15) is 67.2 Å². The van der Waals surface area contributed by atoms with Gasteiger partial charge >= 0.3 is 5.69 Å². The first-order chi connectivity index (χ1) is 14.8.